The molecule has 0 atom stereocenters. The maximum atomic E-state index is 15.3. The van der Waals surface area contributed by atoms with E-state index in [4.69, 9.17) is 32.7 Å². The van der Waals surface area contributed by atoms with Gasteiger partial charge in [-0.15, -0.1) is 0 Å². The van der Waals surface area contributed by atoms with Crippen LogP contribution in [0.5, 0.6) is 11.5 Å². The fourth-order valence-electron chi connectivity index (χ4n) is 5.53. The van der Waals surface area contributed by atoms with E-state index in [1.807, 2.05) is 17.0 Å². The Kier molecular flexibility index (Phi) is 8.93. The second kappa shape index (κ2) is 12.6. The molecule has 0 aliphatic carbocycles. The SMILES string of the molecule is COc1ccc(CN2C(=O)CCc3c(OCC4(CNC(=O)O)CCN(c5ncc(Cl)cc5Cl)CC4)ccc(F)c32)cc1. The molecule has 3 aromatic rings. The van der Waals surface area contributed by atoms with Crippen LogP contribution in [0, 0.1) is 11.2 Å². The number of hydrogen-bond acceptors (Lipinski definition) is 6. The van der Waals surface area contributed by atoms with Crippen LogP contribution in [0.15, 0.2) is 48.7 Å². The first-order valence-electron chi connectivity index (χ1n) is 13.6. The van der Waals surface area contributed by atoms with Gasteiger partial charge in [0.2, 0.25) is 5.91 Å². The van der Waals surface area contributed by atoms with Crippen molar-refractivity contribution in [2.75, 3.05) is 43.2 Å². The minimum atomic E-state index is -1.12. The van der Waals surface area contributed by atoms with E-state index in [0.29, 0.717) is 65.3 Å². The molecular weight excluding hydrogens is 586 g/mol. The molecule has 2 N–H and O–H groups in total. The third-order valence-corrected chi connectivity index (χ3v) is 8.40. The number of halogens is 3. The van der Waals surface area contributed by atoms with Gasteiger partial charge >= 0.3 is 6.09 Å². The fourth-order valence-corrected chi connectivity index (χ4v) is 6.03. The number of anilines is 2. The van der Waals surface area contributed by atoms with Crippen LogP contribution < -0.4 is 24.6 Å². The maximum Gasteiger partial charge on any atom is 0.404 e. The van der Waals surface area contributed by atoms with Crippen LogP contribution >= 0.6 is 23.2 Å². The zero-order valence-corrected chi connectivity index (χ0v) is 24.6. The Morgan fingerprint density at radius 2 is 1.88 bits per heavy atom. The van der Waals surface area contributed by atoms with Gasteiger partial charge in [-0.2, -0.15) is 0 Å². The highest BCUT2D eigenvalue weighted by atomic mass is 35.5. The van der Waals surface area contributed by atoms with Crippen molar-refractivity contribution in [3.8, 4) is 11.5 Å². The number of fused-ring (bicyclic) bond motifs is 1. The number of nitrogens with zero attached hydrogens (tertiary/aromatic N) is 3. The number of methoxy groups -OCH3 is 1. The number of carboxylic acid groups (broad SMARTS) is 1. The van der Waals surface area contributed by atoms with Crippen LogP contribution in [0.2, 0.25) is 10.0 Å². The Labute approximate surface area is 253 Å². The van der Waals surface area contributed by atoms with Crippen LogP contribution in [0.4, 0.5) is 20.7 Å². The molecule has 1 fully saturated rings. The first-order valence-corrected chi connectivity index (χ1v) is 14.3. The van der Waals surface area contributed by atoms with Crippen molar-refractivity contribution >= 4 is 46.7 Å². The van der Waals surface area contributed by atoms with Crippen molar-refractivity contribution in [3.63, 3.8) is 0 Å². The van der Waals surface area contributed by atoms with Gasteiger partial charge < -0.3 is 29.7 Å². The molecule has 0 spiro atoms. The predicted octanol–water partition coefficient (Wildman–Crippen LogP) is 5.95. The smallest absolute Gasteiger partial charge is 0.404 e. The molecule has 0 unspecified atom stereocenters. The van der Waals surface area contributed by atoms with Crippen molar-refractivity contribution in [2.45, 2.75) is 32.2 Å². The maximum absolute atomic E-state index is 15.3. The standard InChI is InChI=1S/C30H31Cl2FN4O5/c1-41-21-4-2-19(3-5-21)16-37-26(38)9-6-22-25(8-7-24(33)27(22)37)42-18-30(17-35-29(39)40)10-12-36(13-11-30)28-23(32)14-20(31)15-34-28/h2-5,7-8,14-15,35H,6,9-13,16-18H2,1H3,(H,39,40). The number of nitrogens with one attached hydrogen (secondary N) is 1. The highest BCUT2D eigenvalue weighted by molar-refractivity contribution is 6.36. The Hall–Kier alpha value is -3.76. The Morgan fingerprint density at radius 1 is 1.14 bits per heavy atom. The van der Waals surface area contributed by atoms with Gasteiger partial charge in [0.05, 0.1) is 36.0 Å². The lowest BCUT2D eigenvalue weighted by Crippen LogP contribution is -2.49. The van der Waals surface area contributed by atoms with Gasteiger partial charge in [-0.25, -0.2) is 14.2 Å². The van der Waals surface area contributed by atoms with E-state index < -0.39 is 17.3 Å². The molecule has 9 nitrogen and oxygen atoms in total. The van der Waals surface area contributed by atoms with Gasteiger partial charge in [0.1, 0.15) is 23.1 Å². The number of carbonyl (C=O) groups excluding carboxylic acids is 1. The first kappa shape index (κ1) is 29.7. The summed E-state index contributed by atoms with van der Waals surface area (Å²) >= 11 is 12.4. The molecule has 12 heteroatoms. The van der Waals surface area contributed by atoms with Crippen molar-refractivity contribution in [1.82, 2.24) is 10.3 Å². The molecular formula is C30H31Cl2FN4O5. The second-order valence-electron chi connectivity index (χ2n) is 10.6. The summed E-state index contributed by atoms with van der Waals surface area (Å²) in [6.45, 7) is 1.74. The number of ether oxygens (including phenoxy) is 2. The van der Waals surface area contributed by atoms with Crippen LogP contribution in [-0.2, 0) is 17.8 Å². The number of aromatic nitrogens is 1. The molecule has 1 saturated heterocycles. The summed E-state index contributed by atoms with van der Waals surface area (Å²) in [5.74, 6) is 1.13. The monoisotopic (exact) mass is 616 g/mol. The van der Waals surface area contributed by atoms with Gasteiger partial charge in [0.15, 0.2) is 0 Å². The number of hydrogen-bond donors (Lipinski definition) is 2. The van der Waals surface area contributed by atoms with Gasteiger partial charge in [-0.1, -0.05) is 35.3 Å². The molecule has 1 aromatic heterocycles. The lowest BCUT2D eigenvalue weighted by Gasteiger charge is -2.42. The molecule has 2 aromatic carbocycles. The highest BCUT2D eigenvalue weighted by Gasteiger charge is 2.38. The van der Waals surface area contributed by atoms with Gasteiger partial charge in [-0.3, -0.25) is 4.79 Å². The molecule has 3 heterocycles. The van der Waals surface area contributed by atoms with Gasteiger partial charge in [-0.05, 0) is 55.2 Å². The summed E-state index contributed by atoms with van der Waals surface area (Å²) in [6, 6.07) is 11.8. The van der Waals surface area contributed by atoms with Crippen molar-refractivity contribution < 1.29 is 28.6 Å². The number of piperidine rings is 1. The Morgan fingerprint density at radius 3 is 2.55 bits per heavy atom. The quantitative estimate of drug-likeness (QED) is 0.306. The molecule has 0 radical (unpaired) electrons. The number of pyridine rings is 1. The third kappa shape index (κ3) is 6.50. The van der Waals surface area contributed by atoms with Crippen LogP contribution in [0.3, 0.4) is 0 Å². The third-order valence-electron chi connectivity index (χ3n) is 7.91. The molecule has 5 rings (SSSR count). The van der Waals surface area contributed by atoms with E-state index in [0.717, 1.165) is 5.56 Å². The Balaban J connectivity index is 1.35. The summed E-state index contributed by atoms with van der Waals surface area (Å²) in [7, 11) is 1.58. The second-order valence-corrected chi connectivity index (χ2v) is 11.4. The minimum Gasteiger partial charge on any atom is -0.497 e. The van der Waals surface area contributed by atoms with E-state index in [1.54, 1.807) is 37.6 Å². The topological polar surface area (TPSA) is 104 Å². The molecule has 222 valence electrons. The summed E-state index contributed by atoms with van der Waals surface area (Å²) in [5.41, 5.74) is 1.15. The van der Waals surface area contributed by atoms with Crippen molar-refractivity contribution in [1.29, 1.82) is 0 Å². The van der Waals surface area contributed by atoms with Gasteiger partial charge in [0.25, 0.3) is 0 Å². The molecule has 0 saturated carbocycles. The number of amides is 2. The lowest BCUT2D eigenvalue weighted by atomic mass is 9.79. The number of benzene rings is 2. The van der Waals surface area contributed by atoms with E-state index >= 15 is 4.39 Å². The van der Waals surface area contributed by atoms with Crippen molar-refractivity contribution in [2.24, 2.45) is 5.41 Å². The average molecular weight is 618 g/mol. The zero-order valence-electron chi connectivity index (χ0n) is 23.0. The minimum absolute atomic E-state index is 0.168. The predicted molar refractivity (Wildman–Crippen MR) is 159 cm³/mol. The molecule has 42 heavy (non-hydrogen) atoms. The molecule has 2 aliphatic heterocycles. The number of carbonyl (C=O) groups is 2. The highest BCUT2D eigenvalue weighted by Crippen LogP contribution is 2.40. The number of rotatable bonds is 9. The zero-order chi connectivity index (χ0) is 29.9. The summed E-state index contributed by atoms with van der Waals surface area (Å²) in [5, 5.41) is 12.8. The summed E-state index contributed by atoms with van der Waals surface area (Å²) < 4.78 is 26.8. The van der Waals surface area contributed by atoms with Gasteiger partial charge in [0, 0.05) is 43.2 Å². The molecule has 2 amide bonds. The van der Waals surface area contributed by atoms with Crippen LogP contribution in [-0.4, -0.2) is 55.4 Å². The van der Waals surface area contributed by atoms with Crippen molar-refractivity contribution in [3.05, 3.63) is 75.7 Å². The van der Waals surface area contributed by atoms with E-state index in [9.17, 15) is 14.7 Å². The molecule has 0 bridgehead atoms. The lowest BCUT2D eigenvalue weighted by molar-refractivity contribution is -0.119. The summed E-state index contributed by atoms with van der Waals surface area (Å²) in [6.07, 6.45) is 2.18. The first-order chi connectivity index (χ1) is 20.2. The Bertz CT molecular complexity index is 1460. The largest absolute Gasteiger partial charge is 0.497 e. The van der Waals surface area contributed by atoms with Crippen LogP contribution in [0.25, 0.3) is 0 Å². The van der Waals surface area contributed by atoms with E-state index in [-0.39, 0.29) is 37.7 Å². The summed E-state index contributed by atoms with van der Waals surface area (Å²) in [4.78, 5) is 32.2. The van der Waals surface area contributed by atoms with E-state index in [1.165, 1.54) is 11.0 Å². The normalized spacial score (nSPS) is 16.1. The van der Waals surface area contributed by atoms with Crippen LogP contribution in [0.1, 0.15) is 30.4 Å². The fraction of sp³-hybridized carbons (Fsp3) is 0.367. The average Bonchev–Trinajstić information content (AvgIpc) is 2.98. The van der Waals surface area contributed by atoms with E-state index in [2.05, 4.69) is 10.3 Å². The molecule has 2 aliphatic rings.